The average molecular weight is 227 g/mol. The van der Waals surface area contributed by atoms with E-state index in [1.54, 1.807) is 11.8 Å². The zero-order valence-electron chi connectivity index (χ0n) is 6.93. The van der Waals surface area contributed by atoms with Crippen LogP contribution in [0.25, 0.3) is 0 Å². The van der Waals surface area contributed by atoms with Gasteiger partial charge in [0.1, 0.15) is 0 Å². The lowest BCUT2D eigenvalue weighted by Crippen LogP contribution is -2.35. The van der Waals surface area contributed by atoms with E-state index in [2.05, 4.69) is 12.6 Å². The van der Waals surface area contributed by atoms with Crippen molar-refractivity contribution in [3.05, 3.63) is 0 Å². The first-order chi connectivity index (χ1) is 5.50. The smallest absolute Gasteiger partial charge is 0.211 e. The number of hydrogen-bond acceptors (Lipinski definition) is 4. The van der Waals surface area contributed by atoms with Crippen molar-refractivity contribution < 1.29 is 8.42 Å². The maximum Gasteiger partial charge on any atom is 0.211 e. The summed E-state index contributed by atoms with van der Waals surface area (Å²) < 4.78 is 23.8. The van der Waals surface area contributed by atoms with Crippen LogP contribution in [-0.4, -0.2) is 48.8 Å². The molecule has 1 rings (SSSR count). The molecule has 3 nitrogen and oxygen atoms in total. The van der Waals surface area contributed by atoms with Gasteiger partial charge in [-0.05, 0) is 0 Å². The van der Waals surface area contributed by atoms with Crippen LogP contribution in [0.2, 0.25) is 0 Å². The molecule has 0 aromatic carbocycles. The van der Waals surface area contributed by atoms with Gasteiger partial charge in [0.05, 0.1) is 6.26 Å². The third-order valence-corrected chi connectivity index (χ3v) is 4.65. The summed E-state index contributed by atoms with van der Waals surface area (Å²) in [4.78, 5) is 0. The summed E-state index contributed by atoms with van der Waals surface area (Å²) in [6.07, 6.45) is 1.25. The van der Waals surface area contributed by atoms with Crippen molar-refractivity contribution in [2.45, 2.75) is 5.25 Å². The predicted octanol–water partition coefficient (Wildman–Crippen LogP) is 0.293. The fraction of sp³-hybridized carbons (Fsp3) is 1.00. The summed E-state index contributed by atoms with van der Waals surface area (Å²) in [5.74, 6) is 1.82. The molecule has 0 spiro atoms. The van der Waals surface area contributed by atoms with E-state index in [1.807, 2.05) is 0 Å². The van der Waals surface area contributed by atoms with Crippen molar-refractivity contribution in [3.8, 4) is 0 Å². The molecule has 0 aromatic heterocycles. The Morgan fingerprint density at radius 1 is 1.58 bits per heavy atom. The second-order valence-electron chi connectivity index (χ2n) is 2.85. The van der Waals surface area contributed by atoms with Gasteiger partial charge in [-0.25, -0.2) is 12.7 Å². The summed E-state index contributed by atoms with van der Waals surface area (Å²) >= 11 is 6.06. The van der Waals surface area contributed by atoms with Gasteiger partial charge in [-0.15, -0.1) is 0 Å². The monoisotopic (exact) mass is 227 g/mol. The lowest BCUT2D eigenvalue weighted by Gasteiger charge is -2.18. The van der Waals surface area contributed by atoms with E-state index >= 15 is 0 Å². The second-order valence-corrected chi connectivity index (χ2v) is 6.71. The van der Waals surface area contributed by atoms with Crippen molar-refractivity contribution >= 4 is 34.4 Å². The molecule has 0 N–H and O–H groups in total. The summed E-state index contributed by atoms with van der Waals surface area (Å²) in [5.41, 5.74) is 0. The Morgan fingerprint density at radius 2 is 2.25 bits per heavy atom. The van der Waals surface area contributed by atoms with Gasteiger partial charge >= 0.3 is 0 Å². The molecule has 1 atom stereocenters. The van der Waals surface area contributed by atoms with Crippen molar-refractivity contribution in [2.75, 3.05) is 30.9 Å². The van der Waals surface area contributed by atoms with Gasteiger partial charge in [0, 0.05) is 29.8 Å². The van der Waals surface area contributed by atoms with Gasteiger partial charge in [0.15, 0.2) is 0 Å². The Bertz CT molecular complexity index is 239. The van der Waals surface area contributed by atoms with Crippen molar-refractivity contribution in [1.82, 2.24) is 4.31 Å². The molecule has 1 aliphatic heterocycles. The van der Waals surface area contributed by atoms with E-state index in [0.29, 0.717) is 13.1 Å². The summed E-state index contributed by atoms with van der Waals surface area (Å²) in [5, 5.41) is 0.173. The summed E-state index contributed by atoms with van der Waals surface area (Å²) in [6, 6.07) is 0. The van der Waals surface area contributed by atoms with Crippen LogP contribution in [-0.2, 0) is 10.0 Å². The molecule has 1 fully saturated rings. The van der Waals surface area contributed by atoms with Crippen molar-refractivity contribution in [2.24, 2.45) is 0 Å². The molecule has 1 saturated heterocycles. The number of sulfonamides is 1. The predicted molar refractivity (Wildman–Crippen MR) is 56.5 cm³/mol. The molecule has 1 unspecified atom stereocenters. The van der Waals surface area contributed by atoms with Gasteiger partial charge in [-0.3, -0.25) is 0 Å². The first-order valence-corrected chi connectivity index (χ1v) is 7.23. The highest BCUT2D eigenvalue weighted by Crippen LogP contribution is 2.16. The first-order valence-electron chi connectivity index (χ1n) is 3.71. The third kappa shape index (κ3) is 3.16. The van der Waals surface area contributed by atoms with Crippen molar-refractivity contribution in [1.29, 1.82) is 0 Å². The van der Waals surface area contributed by atoms with Crippen LogP contribution in [0.4, 0.5) is 0 Å². The molecular weight excluding hydrogens is 214 g/mol. The van der Waals surface area contributed by atoms with Gasteiger partial charge in [0.2, 0.25) is 10.0 Å². The van der Waals surface area contributed by atoms with Crippen LogP contribution >= 0.6 is 24.4 Å². The van der Waals surface area contributed by atoms with Crippen LogP contribution in [0.3, 0.4) is 0 Å². The van der Waals surface area contributed by atoms with Crippen LogP contribution in [0.15, 0.2) is 0 Å². The molecule has 1 aliphatic rings. The van der Waals surface area contributed by atoms with Gasteiger partial charge in [-0.2, -0.15) is 24.4 Å². The first kappa shape index (κ1) is 10.7. The van der Waals surface area contributed by atoms with E-state index in [4.69, 9.17) is 0 Å². The summed E-state index contributed by atoms with van der Waals surface area (Å²) in [6.45, 7) is 1.18. The van der Waals surface area contributed by atoms with E-state index < -0.39 is 10.0 Å². The molecule has 0 bridgehead atoms. The lowest BCUT2D eigenvalue weighted by atomic mass is 10.4. The Morgan fingerprint density at radius 3 is 2.83 bits per heavy atom. The van der Waals surface area contributed by atoms with Crippen LogP contribution in [0.5, 0.6) is 0 Å². The summed E-state index contributed by atoms with van der Waals surface area (Å²) in [7, 11) is -3.01. The Labute approximate surface area is 83.4 Å². The van der Waals surface area contributed by atoms with Gasteiger partial charge < -0.3 is 0 Å². The molecule has 0 aliphatic carbocycles. The maximum atomic E-state index is 11.2. The number of nitrogens with zero attached hydrogens (tertiary/aromatic N) is 1. The number of thioether (sulfide) groups is 1. The molecule has 0 aromatic rings. The molecule has 0 amide bonds. The van der Waals surface area contributed by atoms with E-state index in [0.717, 1.165) is 11.5 Å². The Balaban J connectivity index is 2.65. The number of rotatable bonds is 1. The zero-order chi connectivity index (χ0) is 9.19. The molecule has 6 heteroatoms. The van der Waals surface area contributed by atoms with Crippen LogP contribution < -0.4 is 0 Å². The molecule has 12 heavy (non-hydrogen) atoms. The van der Waals surface area contributed by atoms with Crippen LogP contribution in [0, 0.1) is 0 Å². The van der Waals surface area contributed by atoms with Crippen molar-refractivity contribution in [3.63, 3.8) is 0 Å². The highest BCUT2D eigenvalue weighted by atomic mass is 32.2. The van der Waals surface area contributed by atoms with Gasteiger partial charge in [0.25, 0.3) is 0 Å². The zero-order valence-corrected chi connectivity index (χ0v) is 9.46. The average Bonchev–Trinajstić information content (AvgIpc) is 2.11. The maximum absolute atomic E-state index is 11.2. The van der Waals surface area contributed by atoms with E-state index in [-0.39, 0.29) is 5.25 Å². The minimum Gasteiger partial charge on any atom is -0.213 e. The van der Waals surface area contributed by atoms with E-state index in [9.17, 15) is 8.42 Å². The largest absolute Gasteiger partial charge is 0.213 e. The molecular formula is C6H13NO2S3. The lowest BCUT2D eigenvalue weighted by molar-refractivity contribution is 0.443. The van der Waals surface area contributed by atoms with E-state index in [1.165, 1.54) is 10.6 Å². The standard InChI is InChI=1S/C6H13NO2S3/c1-12(8,9)7-2-3-11-5-6(10)4-7/h6,10H,2-5H2,1H3. The fourth-order valence-corrected chi connectivity index (χ4v) is 3.57. The molecule has 72 valence electrons. The SMILES string of the molecule is CS(=O)(=O)N1CCSCC(S)C1. The molecule has 0 saturated carbocycles. The fourth-order valence-electron chi connectivity index (χ4n) is 1.07. The molecule has 1 heterocycles. The third-order valence-electron chi connectivity index (χ3n) is 1.68. The molecule has 0 radical (unpaired) electrons. The topological polar surface area (TPSA) is 37.4 Å². The number of thiol groups is 1. The minimum absolute atomic E-state index is 0.173. The number of hydrogen-bond donors (Lipinski definition) is 1. The Kier molecular flexibility index (Phi) is 3.75. The highest BCUT2D eigenvalue weighted by Gasteiger charge is 2.22. The van der Waals surface area contributed by atoms with Gasteiger partial charge in [-0.1, -0.05) is 0 Å². The quantitative estimate of drug-likeness (QED) is 0.655. The highest BCUT2D eigenvalue weighted by molar-refractivity contribution is 8.00. The normalized spacial score (nSPS) is 28.3. The second kappa shape index (κ2) is 4.21. The Hall–Kier alpha value is 0.610. The minimum atomic E-state index is -3.01. The van der Waals surface area contributed by atoms with Crippen LogP contribution in [0.1, 0.15) is 0 Å².